The van der Waals surface area contributed by atoms with Crippen molar-refractivity contribution in [3.05, 3.63) is 57.3 Å². The normalized spacial score (nSPS) is 12.7. The minimum Gasteiger partial charge on any atom is -0.390 e. The van der Waals surface area contributed by atoms with Gasteiger partial charge in [-0.15, -0.1) is 0 Å². The minimum atomic E-state index is -0.294. The monoisotopic (exact) mass is 298 g/mol. The molecular weight excluding hydrogens is 280 g/mol. The number of nitrogens with one attached hydrogen (secondary N) is 1. The minimum absolute atomic E-state index is 0.0860. The van der Waals surface area contributed by atoms with E-state index in [9.17, 15) is 9.90 Å². The Morgan fingerprint density at radius 2 is 1.95 bits per heavy atom. The molecule has 2 aromatic heterocycles. The van der Waals surface area contributed by atoms with Crippen LogP contribution in [0.15, 0.2) is 29.1 Å². The van der Waals surface area contributed by atoms with Crippen LogP contribution in [-0.2, 0) is 6.61 Å². The molecule has 1 atom stereocenters. The molecular formula is C16H18N4O2. The zero-order chi connectivity index (χ0) is 15.9. The molecule has 6 heteroatoms. The summed E-state index contributed by atoms with van der Waals surface area (Å²) in [6, 6.07) is 8.06. The number of fused-ring (bicyclic) bond motifs is 1. The van der Waals surface area contributed by atoms with Gasteiger partial charge in [-0.25, -0.2) is 9.67 Å². The van der Waals surface area contributed by atoms with E-state index in [1.54, 1.807) is 11.6 Å². The average Bonchev–Trinajstić information content (AvgIpc) is 2.86. The fraction of sp³-hybridized carbons (Fsp3) is 0.312. The molecule has 6 nitrogen and oxygen atoms in total. The van der Waals surface area contributed by atoms with Gasteiger partial charge in [0.25, 0.3) is 5.56 Å². The van der Waals surface area contributed by atoms with Crippen molar-refractivity contribution in [1.82, 2.24) is 19.7 Å². The van der Waals surface area contributed by atoms with Crippen LogP contribution in [0.25, 0.3) is 11.0 Å². The maximum Gasteiger partial charge on any atom is 0.262 e. The first-order valence-corrected chi connectivity index (χ1v) is 7.16. The number of aryl methyl sites for hydroxylation is 2. The molecule has 2 N–H and O–H groups in total. The number of aliphatic hydroxyl groups excluding tert-OH is 1. The summed E-state index contributed by atoms with van der Waals surface area (Å²) >= 11 is 0. The highest BCUT2D eigenvalue weighted by Crippen LogP contribution is 2.23. The Balaban J connectivity index is 2.22. The topological polar surface area (TPSA) is 83.8 Å². The summed E-state index contributed by atoms with van der Waals surface area (Å²) in [6.45, 7) is 5.47. The van der Waals surface area contributed by atoms with Gasteiger partial charge >= 0.3 is 0 Å². The van der Waals surface area contributed by atoms with E-state index in [0.29, 0.717) is 22.6 Å². The van der Waals surface area contributed by atoms with E-state index in [1.165, 1.54) is 5.56 Å². The lowest BCUT2D eigenvalue weighted by atomic mass is 10.1. The molecule has 0 saturated heterocycles. The summed E-state index contributed by atoms with van der Waals surface area (Å²) in [6.07, 6.45) is 0. The smallest absolute Gasteiger partial charge is 0.262 e. The van der Waals surface area contributed by atoms with Gasteiger partial charge in [-0.2, -0.15) is 5.10 Å². The molecule has 22 heavy (non-hydrogen) atoms. The van der Waals surface area contributed by atoms with Crippen LogP contribution in [0.2, 0.25) is 0 Å². The maximum absolute atomic E-state index is 12.1. The van der Waals surface area contributed by atoms with Crippen molar-refractivity contribution in [2.75, 3.05) is 0 Å². The third-order valence-corrected chi connectivity index (χ3v) is 3.83. The van der Waals surface area contributed by atoms with Crippen LogP contribution in [-0.4, -0.2) is 24.9 Å². The summed E-state index contributed by atoms with van der Waals surface area (Å²) < 4.78 is 1.70. The van der Waals surface area contributed by atoms with Crippen molar-refractivity contribution in [2.24, 2.45) is 0 Å². The Bertz CT molecular complexity index is 878. The Morgan fingerprint density at radius 1 is 1.27 bits per heavy atom. The molecule has 114 valence electrons. The maximum atomic E-state index is 12.1. The number of hydrogen-bond donors (Lipinski definition) is 2. The zero-order valence-corrected chi connectivity index (χ0v) is 12.8. The zero-order valence-electron chi connectivity index (χ0n) is 12.8. The first-order chi connectivity index (χ1) is 10.5. The average molecular weight is 298 g/mol. The number of aliphatic hydroxyl groups is 1. The van der Waals surface area contributed by atoms with Crippen LogP contribution < -0.4 is 5.56 Å². The van der Waals surface area contributed by atoms with E-state index in [0.717, 1.165) is 5.56 Å². The molecule has 0 aliphatic heterocycles. The SMILES string of the molecule is Cc1ccc([C@H](C)n2nc(CO)c3c(=O)[nH]c(C)nc32)cc1. The number of aromatic nitrogens is 4. The van der Waals surface area contributed by atoms with Crippen molar-refractivity contribution in [1.29, 1.82) is 0 Å². The van der Waals surface area contributed by atoms with Gasteiger partial charge < -0.3 is 10.1 Å². The fourth-order valence-electron chi connectivity index (χ4n) is 2.59. The molecule has 0 bridgehead atoms. The van der Waals surface area contributed by atoms with Crippen molar-refractivity contribution >= 4 is 11.0 Å². The molecule has 1 aromatic carbocycles. The van der Waals surface area contributed by atoms with E-state index >= 15 is 0 Å². The van der Waals surface area contributed by atoms with Gasteiger partial charge in [-0.1, -0.05) is 29.8 Å². The molecule has 0 radical (unpaired) electrons. The van der Waals surface area contributed by atoms with Crippen LogP contribution in [0.5, 0.6) is 0 Å². The second-order valence-corrected chi connectivity index (χ2v) is 5.49. The van der Waals surface area contributed by atoms with Gasteiger partial charge in [0, 0.05) is 0 Å². The molecule has 0 spiro atoms. The van der Waals surface area contributed by atoms with Crippen LogP contribution in [0, 0.1) is 13.8 Å². The van der Waals surface area contributed by atoms with Gasteiger partial charge in [0.05, 0.1) is 12.6 Å². The summed E-state index contributed by atoms with van der Waals surface area (Å²) in [5.41, 5.74) is 2.83. The lowest BCUT2D eigenvalue weighted by molar-refractivity contribution is 0.276. The molecule has 3 aromatic rings. The number of rotatable bonds is 3. The molecule has 0 unspecified atom stereocenters. The lowest BCUT2D eigenvalue weighted by Gasteiger charge is -2.13. The molecule has 0 fully saturated rings. The summed E-state index contributed by atoms with van der Waals surface area (Å²) in [5.74, 6) is 0.527. The van der Waals surface area contributed by atoms with E-state index < -0.39 is 0 Å². The van der Waals surface area contributed by atoms with Crippen molar-refractivity contribution in [2.45, 2.75) is 33.4 Å². The quantitative estimate of drug-likeness (QED) is 0.773. The Hall–Kier alpha value is -2.47. The van der Waals surface area contributed by atoms with Crippen molar-refractivity contribution in [3.63, 3.8) is 0 Å². The number of aromatic amines is 1. The Kier molecular flexibility index (Phi) is 3.54. The molecule has 0 aliphatic carbocycles. The lowest BCUT2D eigenvalue weighted by Crippen LogP contribution is -2.13. The molecule has 2 heterocycles. The number of nitrogens with zero attached hydrogens (tertiary/aromatic N) is 3. The Labute approximate surface area is 127 Å². The van der Waals surface area contributed by atoms with Gasteiger partial charge in [0.1, 0.15) is 16.9 Å². The van der Waals surface area contributed by atoms with Gasteiger partial charge in [-0.05, 0) is 26.3 Å². The van der Waals surface area contributed by atoms with E-state index in [1.807, 2.05) is 38.1 Å². The second-order valence-electron chi connectivity index (χ2n) is 5.49. The van der Waals surface area contributed by atoms with E-state index in [4.69, 9.17) is 0 Å². The molecule has 3 rings (SSSR count). The molecule has 0 saturated carbocycles. The van der Waals surface area contributed by atoms with Crippen molar-refractivity contribution < 1.29 is 5.11 Å². The first-order valence-electron chi connectivity index (χ1n) is 7.16. The first kappa shape index (κ1) is 14.5. The van der Waals surface area contributed by atoms with Gasteiger partial charge in [-0.3, -0.25) is 4.79 Å². The number of H-pyrrole nitrogens is 1. The Morgan fingerprint density at radius 3 is 2.59 bits per heavy atom. The highest BCUT2D eigenvalue weighted by Gasteiger charge is 2.19. The highest BCUT2D eigenvalue weighted by atomic mass is 16.3. The van der Waals surface area contributed by atoms with E-state index in [2.05, 4.69) is 15.1 Å². The fourth-order valence-corrected chi connectivity index (χ4v) is 2.59. The highest BCUT2D eigenvalue weighted by molar-refractivity contribution is 5.77. The predicted molar refractivity (Wildman–Crippen MR) is 83.8 cm³/mol. The van der Waals surface area contributed by atoms with Crippen LogP contribution in [0.3, 0.4) is 0 Å². The van der Waals surface area contributed by atoms with Crippen LogP contribution >= 0.6 is 0 Å². The second kappa shape index (κ2) is 5.38. The standard InChI is InChI=1S/C16H18N4O2/c1-9-4-6-12(7-5-9)10(2)20-15-14(13(8-21)19-20)16(22)18-11(3)17-15/h4-7,10,21H,8H2,1-3H3,(H,17,18,22)/t10-/m0/s1. The largest absolute Gasteiger partial charge is 0.390 e. The molecule has 0 amide bonds. The molecule has 0 aliphatic rings. The number of hydrogen-bond acceptors (Lipinski definition) is 4. The third-order valence-electron chi connectivity index (χ3n) is 3.83. The number of benzene rings is 1. The van der Waals surface area contributed by atoms with Crippen LogP contribution in [0.1, 0.15) is 35.6 Å². The van der Waals surface area contributed by atoms with Crippen molar-refractivity contribution in [3.8, 4) is 0 Å². The third kappa shape index (κ3) is 2.31. The predicted octanol–water partition coefficient (Wildman–Crippen LogP) is 1.84. The van der Waals surface area contributed by atoms with E-state index in [-0.39, 0.29) is 18.2 Å². The van der Waals surface area contributed by atoms with Gasteiger partial charge in [0.15, 0.2) is 5.65 Å². The summed E-state index contributed by atoms with van der Waals surface area (Å²) in [5, 5.41) is 14.2. The van der Waals surface area contributed by atoms with Crippen LogP contribution in [0.4, 0.5) is 0 Å². The van der Waals surface area contributed by atoms with Gasteiger partial charge in [0.2, 0.25) is 0 Å². The summed E-state index contributed by atoms with van der Waals surface area (Å²) in [7, 11) is 0. The summed E-state index contributed by atoms with van der Waals surface area (Å²) in [4.78, 5) is 19.2.